The van der Waals surface area contributed by atoms with Gasteiger partial charge in [0.05, 0.1) is 12.6 Å². The average molecular weight is 321 g/mol. The molecule has 0 aliphatic rings. The van der Waals surface area contributed by atoms with Crippen molar-refractivity contribution >= 4 is 0 Å². The van der Waals surface area contributed by atoms with Gasteiger partial charge in [0.15, 0.2) is 0 Å². The minimum absolute atomic E-state index is 0.269. The first-order chi connectivity index (χ1) is 11.6. The fourth-order valence-electron chi connectivity index (χ4n) is 2.67. The first-order valence-electron chi connectivity index (χ1n) is 8.29. The summed E-state index contributed by atoms with van der Waals surface area (Å²) in [6.45, 7) is 4.59. The van der Waals surface area contributed by atoms with Crippen molar-refractivity contribution in [1.29, 1.82) is 0 Å². The zero-order valence-corrected chi connectivity index (χ0v) is 14.1. The molecular formula is C21H23NO2. The Kier molecular flexibility index (Phi) is 5.14. The molecule has 0 saturated carbocycles. The van der Waals surface area contributed by atoms with E-state index in [-0.39, 0.29) is 6.04 Å². The van der Waals surface area contributed by atoms with Crippen LogP contribution in [0, 0.1) is 0 Å². The lowest BCUT2D eigenvalue weighted by atomic mass is 10.1. The highest BCUT2D eigenvalue weighted by Gasteiger charge is 2.08. The maximum Gasteiger partial charge on any atom is 0.134 e. The number of rotatable bonds is 6. The molecule has 2 N–H and O–H groups in total. The number of benzene rings is 2. The van der Waals surface area contributed by atoms with Crippen LogP contribution < -0.4 is 5.32 Å². The van der Waals surface area contributed by atoms with Crippen molar-refractivity contribution in [2.75, 3.05) is 0 Å². The lowest BCUT2D eigenvalue weighted by Crippen LogP contribution is -2.17. The lowest BCUT2D eigenvalue weighted by molar-refractivity contribution is 0.199. The summed E-state index contributed by atoms with van der Waals surface area (Å²) in [6, 6.07) is 22.4. The number of nitrogens with one attached hydrogen (secondary N) is 1. The van der Waals surface area contributed by atoms with Gasteiger partial charge in [-0.15, -0.1) is 0 Å². The maximum atomic E-state index is 9.57. The quantitative estimate of drug-likeness (QED) is 0.682. The third kappa shape index (κ3) is 3.94. The summed E-state index contributed by atoms with van der Waals surface area (Å²) in [6.07, 6.45) is -0.449. The number of hydrogen-bond acceptors (Lipinski definition) is 3. The van der Waals surface area contributed by atoms with Crippen molar-refractivity contribution in [3.05, 3.63) is 83.6 Å². The number of aliphatic hydroxyl groups is 1. The molecule has 1 heterocycles. The summed E-state index contributed by atoms with van der Waals surface area (Å²) in [5.41, 5.74) is 3.18. The van der Waals surface area contributed by atoms with E-state index in [9.17, 15) is 5.11 Å². The summed E-state index contributed by atoms with van der Waals surface area (Å²) >= 11 is 0. The van der Waals surface area contributed by atoms with Crippen LogP contribution in [-0.4, -0.2) is 5.11 Å². The van der Waals surface area contributed by atoms with E-state index < -0.39 is 6.10 Å². The zero-order chi connectivity index (χ0) is 16.9. The van der Waals surface area contributed by atoms with Crippen LogP contribution in [0.2, 0.25) is 0 Å². The van der Waals surface area contributed by atoms with Crippen molar-refractivity contribution in [2.45, 2.75) is 32.5 Å². The maximum absolute atomic E-state index is 9.57. The third-order valence-corrected chi connectivity index (χ3v) is 4.22. The highest BCUT2D eigenvalue weighted by molar-refractivity contribution is 5.58. The van der Waals surface area contributed by atoms with Gasteiger partial charge in [0.2, 0.25) is 0 Å². The molecule has 0 unspecified atom stereocenters. The van der Waals surface area contributed by atoms with Gasteiger partial charge in [0.1, 0.15) is 11.5 Å². The van der Waals surface area contributed by atoms with Crippen LogP contribution >= 0.6 is 0 Å². The standard InChI is InChI=1S/C21H23NO2/c1-15(17-6-4-3-5-7-17)22-14-20-12-13-21(24-20)19-10-8-18(9-11-19)16(2)23/h3-13,15-16,22-23H,14H2,1-2H3/t15-,16+/m0/s1. The zero-order valence-electron chi connectivity index (χ0n) is 14.1. The highest BCUT2D eigenvalue weighted by Crippen LogP contribution is 2.24. The molecule has 124 valence electrons. The topological polar surface area (TPSA) is 45.4 Å². The Morgan fingerprint density at radius 1 is 0.875 bits per heavy atom. The summed E-state index contributed by atoms with van der Waals surface area (Å²) in [5.74, 6) is 1.75. The van der Waals surface area contributed by atoms with Gasteiger partial charge < -0.3 is 14.8 Å². The fourth-order valence-corrected chi connectivity index (χ4v) is 2.67. The molecule has 0 saturated heterocycles. The monoisotopic (exact) mass is 321 g/mol. The third-order valence-electron chi connectivity index (χ3n) is 4.22. The van der Waals surface area contributed by atoms with E-state index in [0.717, 1.165) is 22.6 Å². The average Bonchev–Trinajstić information content (AvgIpc) is 3.09. The summed E-state index contributed by atoms with van der Waals surface area (Å²) in [4.78, 5) is 0. The smallest absolute Gasteiger partial charge is 0.134 e. The van der Waals surface area contributed by atoms with Crippen LogP contribution in [-0.2, 0) is 6.54 Å². The molecule has 24 heavy (non-hydrogen) atoms. The molecular weight excluding hydrogens is 298 g/mol. The van der Waals surface area contributed by atoms with Crippen LogP contribution in [0.4, 0.5) is 0 Å². The molecule has 3 aromatic rings. The van der Waals surface area contributed by atoms with E-state index in [2.05, 4.69) is 36.5 Å². The molecule has 0 bridgehead atoms. The minimum atomic E-state index is -0.449. The summed E-state index contributed by atoms with van der Waals surface area (Å²) in [7, 11) is 0. The Balaban J connectivity index is 1.63. The van der Waals surface area contributed by atoms with Gasteiger partial charge in [-0.1, -0.05) is 54.6 Å². The SMILES string of the molecule is C[C@H](NCc1ccc(-c2ccc([C@@H](C)O)cc2)o1)c1ccccc1. The Bertz CT molecular complexity index is 760. The molecule has 0 aliphatic heterocycles. The van der Waals surface area contributed by atoms with Crippen molar-refractivity contribution in [1.82, 2.24) is 5.32 Å². The predicted octanol–water partition coefficient (Wildman–Crippen LogP) is 4.85. The van der Waals surface area contributed by atoms with E-state index >= 15 is 0 Å². The summed E-state index contributed by atoms with van der Waals surface area (Å²) in [5, 5.41) is 13.1. The molecule has 2 atom stereocenters. The fraction of sp³-hybridized carbons (Fsp3) is 0.238. The van der Waals surface area contributed by atoms with Gasteiger partial charge in [-0.2, -0.15) is 0 Å². The number of hydrogen-bond donors (Lipinski definition) is 2. The number of aliphatic hydroxyl groups excluding tert-OH is 1. The van der Waals surface area contributed by atoms with E-state index in [4.69, 9.17) is 4.42 Å². The van der Waals surface area contributed by atoms with Gasteiger partial charge in [-0.25, -0.2) is 0 Å². The predicted molar refractivity (Wildman–Crippen MR) is 96.5 cm³/mol. The van der Waals surface area contributed by atoms with E-state index in [1.807, 2.05) is 42.5 Å². The molecule has 3 heteroatoms. The second-order valence-electron chi connectivity index (χ2n) is 6.08. The largest absolute Gasteiger partial charge is 0.460 e. The molecule has 1 aromatic heterocycles. The van der Waals surface area contributed by atoms with E-state index in [1.54, 1.807) is 6.92 Å². The van der Waals surface area contributed by atoms with Gasteiger partial charge in [0.25, 0.3) is 0 Å². The van der Waals surface area contributed by atoms with Crippen LogP contribution in [0.5, 0.6) is 0 Å². The Hall–Kier alpha value is -2.36. The molecule has 3 nitrogen and oxygen atoms in total. The van der Waals surface area contributed by atoms with Gasteiger partial charge >= 0.3 is 0 Å². The van der Waals surface area contributed by atoms with Crippen LogP contribution in [0.25, 0.3) is 11.3 Å². The van der Waals surface area contributed by atoms with E-state index in [0.29, 0.717) is 6.54 Å². The first kappa shape index (κ1) is 16.5. The normalized spacial score (nSPS) is 13.6. The van der Waals surface area contributed by atoms with Crippen LogP contribution in [0.3, 0.4) is 0 Å². The lowest BCUT2D eigenvalue weighted by Gasteiger charge is -2.12. The van der Waals surface area contributed by atoms with Crippen molar-refractivity contribution in [3.8, 4) is 11.3 Å². The summed E-state index contributed by atoms with van der Waals surface area (Å²) < 4.78 is 5.93. The highest BCUT2D eigenvalue weighted by atomic mass is 16.3. The molecule has 0 radical (unpaired) electrons. The van der Waals surface area contributed by atoms with Crippen molar-refractivity contribution in [2.24, 2.45) is 0 Å². The van der Waals surface area contributed by atoms with E-state index in [1.165, 1.54) is 5.56 Å². The first-order valence-corrected chi connectivity index (χ1v) is 8.29. The molecule has 0 aliphatic carbocycles. The molecule has 0 fully saturated rings. The van der Waals surface area contributed by atoms with Gasteiger partial charge in [0, 0.05) is 11.6 Å². The second kappa shape index (κ2) is 7.47. The minimum Gasteiger partial charge on any atom is -0.460 e. The molecule has 0 spiro atoms. The Morgan fingerprint density at radius 3 is 2.25 bits per heavy atom. The molecule has 2 aromatic carbocycles. The number of furan rings is 1. The van der Waals surface area contributed by atoms with Crippen molar-refractivity contribution < 1.29 is 9.52 Å². The van der Waals surface area contributed by atoms with Crippen molar-refractivity contribution in [3.63, 3.8) is 0 Å². The second-order valence-corrected chi connectivity index (χ2v) is 6.08. The van der Waals surface area contributed by atoms with Gasteiger partial charge in [-0.05, 0) is 37.1 Å². The Morgan fingerprint density at radius 2 is 1.58 bits per heavy atom. The Labute approximate surface area is 143 Å². The van der Waals surface area contributed by atoms with Gasteiger partial charge in [-0.3, -0.25) is 0 Å². The van der Waals surface area contributed by atoms with Crippen LogP contribution in [0.15, 0.2) is 71.1 Å². The van der Waals surface area contributed by atoms with Crippen LogP contribution in [0.1, 0.15) is 42.9 Å². The molecule has 3 rings (SSSR count). The molecule has 0 amide bonds.